The van der Waals surface area contributed by atoms with Crippen LogP contribution in [0.1, 0.15) is 10.4 Å². The Morgan fingerprint density at radius 2 is 1.97 bits per heavy atom. The first-order valence-corrected chi connectivity index (χ1v) is 9.18. The fourth-order valence-electron chi connectivity index (χ4n) is 2.34. The summed E-state index contributed by atoms with van der Waals surface area (Å²) in [5.74, 6) is -1.66. The summed E-state index contributed by atoms with van der Waals surface area (Å²) in [4.78, 5) is 38.3. The van der Waals surface area contributed by atoms with Crippen LogP contribution in [0.25, 0.3) is 5.69 Å². The molecule has 0 unspecified atom stereocenters. The third kappa shape index (κ3) is 5.17. The first kappa shape index (κ1) is 20.0. The van der Waals surface area contributed by atoms with Crippen LogP contribution in [0.15, 0.2) is 66.1 Å². The summed E-state index contributed by atoms with van der Waals surface area (Å²) in [6, 6.07) is 11.0. The number of hydrogen-bond donors (Lipinski definition) is 2. The number of rotatable bonds is 6. The Morgan fingerprint density at radius 3 is 2.72 bits per heavy atom. The summed E-state index contributed by atoms with van der Waals surface area (Å²) >= 11 is 1.09. The second-order valence-corrected chi connectivity index (χ2v) is 6.60. The molecule has 0 saturated heterocycles. The highest BCUT2D eigenvalue weighted by molar-refractivity contribution is 7.99. The Morgan fingerprint density at radius 1 is 1.17 bits per heavy atom. The van der Waals surface area contributed by atoms with Crippen molar-refractivity contribution in [3.8, 4) is 5.69 Å². The lowest BCUT2D eigenvalue weighted by Crippen LogP contribution is -2.42. The molecule has 0 bridgehead atoms. The van der Waals surface area contributed by atoms with Crippen molar-refractivity contribution in [1.29, 1.82) is 0 Å². The van der Waals surface area contributed by atoms with E-state index >= 15 is 0 Å². The van der Waals surface area contributed by atoms with Gasteiger partial charge in [-0.15, -0.1) is 0 Å². The summed E-state index contributed by atoms with van der Waals surface area (Å²) in [5.41, 5.74) is 4.79. The van der Waals surface area contributed by atoms with E-state index in [0.29, 0.717) is 10.8 Å². The number of halogens is 1. The lowest BCUT2D eigenvalue weighted by molar-refractivity contribution is -0.384. The van der Waals surface area contributed by atoms with E-state index in [1.54, 1.807) is 22.9 Å². The molecule has 0 saturated carbocycles. The predicted octanol–water partition coefficient (Wildman–Crippen LogP) is 2.47. The van der Waals surface area contributed by atoms with Crippen molar-refractivity contribution in [1.82, 2.24) is 20.4 Å². The monoisotopic (exact) mass is 415 g/mol. The first-order chi connectivity index (χ1) is 13.9. The molecule has 0 aliphatic rings. The van der Waals surface area contributed by atoms with Crippen molar-refractivity contribution in [3.05, 3.63) is 82.4 Å². The number of nitrogens with one attached hydrogen (secondary N) is 2. The minimum Gasteiger partial charge on any atom is -0.295 e. The number of non-ortho nitro benzene ring substituents is 1. The second-order valence-electron chi connectivity index (χ2n) is 5.66. The van der Waals surface area contributed by atoms with Crippen molar-refractivity contribution in [3.63, 3.8) is 0 Å². The summed E-state index contributed by atoms with van der Waals surface area (Å²) in [7, 11) is 0. The second kappa shape index (κ2) is 8.97. The van der Waals surface area contributed by atoms with Crippen LogP contribution in [0.3, 0.4) is 0 Å². The van der Waals surface area contributed by atoms with Crippen LogP contribution in [0.4, 0.5) is 10.1 Å². The van der Waals surface area contributed by atoms with E-state index in [1.807, 2.05) is 0 Å². The normalized spacial score (nSPS) is 10.4. The van der Waals surface area contributed by atoms with Gasteiger partial charge in [0.05, 0.1) is 16.4 Å². The summed E-state index contributed by atoms with van der Waals surface area (Å²) < 4.78 is 15.0. The zero-order valence-corrected chi connectivity index (χ0v) is 15.6. The molecule has 0 atom stereocenters. The molecular formula is C18H14FN5O4S. The van der Waals surface area contributed by atoms with Gasteiger partial charge in [-0.1, -0.05) is 23.9 Å². The first-order valence-electron chi connectivity index (χ1n) is 8.20. The number of carbonyl (C=O) groups excluding carboxylic acids is 2. The van der Waals surface area contributed by atoms with Gasteiger partial charge < -0.3 is 0 Å². The van der Waals surface area contributed by atoms with Gasteiger partial charge in [0.2, 0.25) is 5.91 Å². The molecule has 3 rings (SSSR count). The van der Waals surface area contributed by atoms with Gasteiger partial charge in [-0.2, -0.15) is 0 Å². The Hall–Kier alpha value is -3.73. The number of benzene rings is 2. The highest BCUT2D eigenvalue weighted by Crippen LogP contribution is 2.20. The van der Waals surface area contributed by atoms with Crippen molar-refractivity contribution < 1.29 is 18.9 Å². The quantitative estimate of drug-likeness (QED) is 0.363. The molecule has 2 amide bonds. The third-order valence-corrected chi connectivity index (χ3v) is 4.63. The molecule has 1 aromatic heterocycles. The van der Waals surface area contributed by atoms with E-state index in [4.69, 9.17) is 0 Å². The van der Waals surface area contributed by atoms with Crippen LogP contribution in [-0.2, 0) is 4.79 Å². The Labute approximate surface area is 168 Å². The fraction of sp³-hybridized carbons (Fsp3) is 0.0556. The SMILES string of the molecule is O=C(CSc1nccn1-c1cccc(F)c1)NNC(=O)c1cccc([N+](=O)[O-])c1. The van der Waals surface area contributed by atoms with Gasteiger partial charge in [0.15, 0.2) is 5.16 Å². The van der Waals surface area contributed by atoms with Gasteiger partial charge in [0, 0.05) is 30.1 Å². The van der Waals surface area contributed by atoms with Crippen LogP contribution in [0.5, 0.6) is 0 Å². The highest BCUT2D eigenvalue weighted by atomic mass is 32.2. The smallest absolute Gasteiger partial charge is 0.270 e. The Balaban J connectivity index is 1.55. The van der Waals surface area contributed by atoms with Gasteiger partial charge in [0.25, 0.3) is 11.6 Å². The van der Waals surface area contributed by atoms with Gasteiger partial charge in [-0.25, -0.2) is 9.37 Å². The molecule has 0 spiro atoms. The average molecular weight is 415 g/mol. The molecule has 2 N–H and O–H groups in total. The highest BCUT2D eigenvalue weighted by Gasteiger charge is 2.13. The van der Waals surface area contributed by atoms with Gasteiger partial charge in [-0.05, 0) is 24.3 Å². The van der Waals surface area contributed by atoms with Crippen LogP contribution in [-0.4, -0.2) is 32.0 Å². The number of nitro benzene ring substituents is 1. The molecule has 0 fully saturated rings. The molecule has 29 heavy (non-hydrogen) atoms. The molecule has 11 heteroatoms. The molecular weight excluding hydrogens is 401 g/mol. The average Bonchev–Trinajstić information content (AvgIpc) is 3.19. The summed E-state index contributed by atoms with van der Waals surface area (Å²) in [6.07, 6.45) is 3.16. The van der Waals surface area contributed by atoms with Gasteiger partial charge >= 0.3 is 0 Å². The fourth-order valence-corrected chi connectivity index (χ4v) is 3.12. The molecule has 9 nitrogen and oxygen atoms in total. The maximum Gasteiger partial charge on any atom is 0.270 e. The number of aromatic nitrogens is 2. The molecule has 2 aromatic carbocycles. The van der Waals surface area contributed by atoms with E-state index in [2.05, 4.69) is 15.8 Å². The number of hydrogen-bond acceptors (Lipinski definition) is 6. The zero-order chi connectivity index (χ0) is 20.8. The number of carbonyl (C=O) groups is 2. The minimum atomic E-state index is -0.687. The Bertz CT molecular complexity index is 1070. The number of hydrazine groups is 1. The van der Waals surface area contributed by atoms with E-state index in [1.165, 1.54) is 36.5 Å². The molecule has 0 aliphatic carbocycles. The molecule has 1 heterocycles. The number of thioether (sulfide) groups is 1. The third-order valence-electron chi connectivity index (χ3n) is 3.66. The van der Waals surface area contributed by atoms with Crippen LogP contribution < -0.4 is 10.9 Å². The van der Waals surface area contributed by atoms with Crippen LogP contribution >= 0.6 is 11.8 Å². The standard InChI is InChI=1S/C18H14FN5O4S/c19-13-4-2-5-14(10-13)23-8-7-20-18(23)29-11-16(25)21-22-17(26)12-3-1-6-15(9-12)24(27)28/h1-10H,11H2,(H,21,25)(H,22,26). The molecule has 0 aliphatic heterocycles. The predicted molar refractivity (Wildman–Crippen MR) is 103 cm³/mol. The van der Waals surface area contributed by atoms with Gasteiger partial charge in [-0.3, -0.25) is 35.1 Å². The lowest BCUT2D eigenvalue weighted by atomic mass is 10.2. The number of nitro groups is 1. The van der Waals surface area contributed by atoms with Gasteiger partial charge in [0.1, 0.15) is 5.82 Å². The minimum absolute atomic E-state index is 0.0359. The number of imidazole rings is 1. The largest absolute Gasteiger partial charge is 0.295 e. The van der Waals surface area contributed by atoms with Crippen molar-refractivity contribution in [2.45, 2.75) is 5.16 Å². The molecule has 148 valence electrons. The molecule has 0 radical (unpaired) electrons. The molecule has 3 aromatic rings. The Kier molecular flexibility index (Phi) is 6.19. The topological polar surface area (TPSA) is 119 Å². The van der Waals surface area contributed by atoms with E-state index < -0.39 is 22.6 Å². The number of amides is 2. The lowest BCUT2D eigenvalue weighted by Gasteiger charge is -2.09. The summed E-state index contributed by atoms with van der Waals surface area (Å²) in [6.45, 7) is 0. The van der Waals surface area contributed by atoms with Crippen molar-refractivity contribution >= 4 is 29.3 Å². The van der Waals surface area contributed by atoms with Crippen LogP contribution in [0, 0.1) is 15.9 Å². The van der Waals surface area contributed by atoms with Crippen LogP contribution in [0.2, 0.25) is 0 Å². The van der Waals surface area contributed by atoms with Crippen molar-refractivity contribution in [2.24, 2.45) is 0 Å². The van der Waals surface area contributed by atoms with E-state index in [-0.39, 0.29) is 17.0 Å². The number of nitrogens with zero attached hydrogens (tertiary/aromatic N) is 3. The summed E-state index contributed by atoms with van der Waals surface area (Å²) in [5, 5.41) is 11.2. The maximum atomic E-state index is 13.4. The maximum absolute atomic E-state index is 13.4. The van der Waals surface area contributed by atoms with E-state index in [9.17, 15) is 24.1 Å². The van der Waals surface area contributed by atoms with Crippen molar-refractivity contribution in [2.75, 3.05) is 5.75 Å². The zero-order valence-electron chi connectivity index (χ0n) is 14.7. The van der Waals surface area contributed by atoms with E-state index in [0.717, 1.165) is 17.8 Å².